The number of aromatic hydroxyl groups is 1. The van der Waals surface area contributed by atoms with Crippen molar-refractivity contribution in [3.8, 4) is 17.2 Å². The van der Waals surface area contributed by atoms with Gasteiger partial charge < -0.3 is 19.7 Å². The number of hydrogen-bond acceptors (Lipinski definition) is 6. The average Bonchev–Trinajstić information content (AvgIpc) is 3.09. The number of carbonyl (C=O) groups is 2. The Kier molecular flexibility index (Phi) is 6.17. The first-order valence-electron chi connectivity index (χ1n) is 10.0. The summed E-state index contributed by atoms with van der Waals surface area (Å²) in [6.45, 7) is 0. The molecule has 1 aliphatic heterocycles. The average molecular weight is 484 g/mol. The number of ether oxygens (including phenoxy) is 2. The maximum atomic E-state index is 14.0. The Morgan fingerprint density at radius 1 is 1.00 bits per heavy atom. The lowest BCUT2D eigenvalue weighted by molar-refractivity contribution is -0.132. The third-order valence-corrected chi connectivity index (χ3v) is 5.76. The molecular weight excluding hydrogens is 465 g/mol. The van der Waals surface area contributed by atoms with Gasteiger partial charge in [0.1, 0.15) is 28.8 Å². The van der Waals surface area contributed by atoms with Crippen molar-refractivity contribution >= 4 is 34.7 Å². The monoisotopic (exact) mass is 483 g/mol. The molecule has 3 aromatic carbocycles. The second-order valence-electron chi connectivity index (χ2n) is 7.43. The third kappa shape index (κ3) is 3.92. The fourth-order valence-corrected chi connectivity index (χ4v) is 4.18. The number of amides is 1. The normalized spacial score (nSPS) is 17.2. The molecule has 9 heteroatoms. The molecule has 0 radical (unpaired) electrons. The van der Waals surface area contributed by atoms with Gasteiger partial charge in [-0.3, -0.25) is 14.5 Å². The molecule has 1 heterocycles. The highest BCUT2D eigenvalue weighted by Gasteiger charge is 2.47. The smallest absolute Gasteiger partial charge is 0.300 e. The highest BCUT2D eigenvalue weighted by Crippen LogP contribution is 2.45. The third-order valence-electron chi connectivity index (χ3n) is 5.46. The van der Waals surface area contributed by atoms with Crippen molar-refractivity contribution in [2.24, 2.45) is 0 Å². The van der Waals surface area contributed by atoms with Gasteiger partial charge in [0, 0.05) is 5.69 Å². The van der Waals surface area contributed by atoms with Gasteiger partial charge in [0.25, 0.3) is 11.7 Å². The van der Waals surface area contributed by atoms with E-state index in [2.05, 4.69) is 0 Å². The number of anilines is 1. The lowest BCUT2D eigenvalue weighted by Gasteiger charge is -2.26. The summed E-state index contributed by atoms with van der Waals surface area (Å²) in [5.74, 6) is -2.87. The topological polar surface area (TPSA) is 96.3 Å². The number of carbonyl (C=O) groups excluding carboxylic acids is 2. The van der Waals surface area contributed by atoms with Gasteiger partial charge in [-0.1, -0.05) is 23.7 Å². The number of rotatable bonds is 5. The maximum absolute atomic E-state index is 14.0. The highest BCUT2D eigenvalue weighted by molar-refractivity contribution is 6.52. The predicted octanol–water partition coefficient (Wildman–Crippen LogP) is 4.83. The van der Waals surface area contributed by atoms with Crippen molar-refractivity contribution in [2.45, 2.75) is 6.04 Å². The van der Waals surface area contributed by atoms with Crippen LogP contribution in [0.1, 0.15) is 17.2 Å². The van der Waals surface area contributed by atoms with Crippen molar-refractivity contribution in [1.29, 1.82) is 0 Å². The molecule has 0 bridgehead atoms. The van der Waals surface area contributed by atoms with E-state index in [1.807, 2.05) is 0 Å². The number of halogens is 2. The molecule has 0 aliphatic carbocycles. The molecule has 174 valence electrons. The molecule has 1 unspecified atom stereocenters. The summed E-state index contributed by atoms with van der Waals surface area (Å²) in [7, 11) is 2.76. The van der Waals surface area contributed by atoms with Gasteiger partial charge in [-0.25, -0.2) is 4.39 Å². The Hall–Kier alpha value is -4.04. The number of hydrogen-bond donors (Lipinski definition) is 2. The predicted molar refractivity (Wildman–Crippen MR) is 124 cm³/mol. The van der Waals surface area contributed by atoms with E-state index < -0.39 is 29.3 Å². The second kappa shape index (κ2) is 9.07. The Balaban J connectivity index is 1.99. The SMILES string of the molecule is COc1ccc(N2C(=O)C(=O)/C(=C(/O)c3cc(F)ccc3OC)C2c2cccc(O)c2)cc1Cl. The molecule has 0 aromatic heterocycles. The number of Topliss-reactive ketones (excluding diaryl/α,β-unsaturated/α-hetero) is 1. The zero-order valence-corrected chi connectivity index (χ0v) is 18.8. The van der Waals surface area contributed by atoms with Crippen molar-refractivity contribution in [2.75, 3.05) is 19.1 Å². The van der Waals surface area contributed by atoms with Crippen LogP contribution < -0.4 is 14.4 Å². The highest BCUT2D eigenvalue weighted by atomic mass is 35.5. The van der Waals surface area contributed by atoms with E-state index in [4.69, 9.17) is 21.1 Å². The summed E-state index contributed by atoms with van der Waals surface area (Å²) >= 11 is 6.26. The van der Waals surface area contributed by atoms with Crippen LogP contribution in [0.5, 0.6) is 17.2 Å². The van der Waals surface area contributed by atoms with Crippen LogP contribution >= 0.6 is 11.6 Å². The molecule has 1 atom stereocenters. The van der Waals surface area contributed by atoms with Crippen molar-refractivity contribution < 1.29 is 33.7 Å². The van der Waals surface area contributed by atoms with Crippen molar-refractivity contribution in [3.63, 3.8) is 0 Å². The van der Waals surface area contributed by atoms with Crippen LogP contribution in [0, 0.1) is 5.82 Å². The van der Waals surface area contributed by atoms with Gasteiger partial charge in [-0.05, 0) is 54.1 Å². The van der Waals surface area contributed by atoms with Crippen LogP contribution in [0.2, 0.25) is 5.02 Å². The number of phenols is 1. The van der Waals surface area contributed by atoms with E-state index >= 15 is 0 Å². The summed E-state index contributed by atoms with van der Waals surface area (Å²) < 4.78 is 24.4. The first-order chi connectivity index (χ1) is 16.3. The molecule has 3 aromatic rings. The largest absolute Gasteiger partial charge is 0.508 e. The molecule has 1 saturated heterocycles. The van der Waals surface area contributed by atoms with Crippen LogP contribution in [-0.4, -0.2) is 36.1 Å². The summed E-state index contributed by atoms with van der Waals surface area (Å²) in [6.07, 6.45) is 0. The van der Waals surface area contributed by atoms with Crippen LogP contribution in [0.15, 0.2) is 66.2 Å². The lowest BCUT2D eigenvalue weighted by Crippen LogP contribution is -2.29. The Labute approximate surface area is 199 Å². The van der Waals surface area contributed by atoms with Crippen LogP contribution in [-0.2, 0) is 9.59 Å². The number of nitrogens with zero attached hydrogens (tertiary/aromatic N) is 1. The van der Waals surface area contributed by atoms with E-state index in [9.17, 15) is 24.2 Å². The number of aliphatic hydroxyl groups is 1. The summed E-state index contributed by atoms with van der Waals surface area (Å²) in [5, 5.41) is 21.4. The van der Waals surface area contributed by atoms with Crippen LogP contribution in [0.3, 0.4) is 0 Å². The number of methoxy groups -OCH3 is 2. The minimum absolute atomic E-state index is 0.0987. The minimum Gasteiger partial charge on any atom is -0.508 e. The number of benzene rings is 3. The molecule has 0 spiro atoms. The summed E-state index contributed by atoms with van der Waals surface area (Å²) in [4.78, 5) is 27.6. The first kappa shape index (κ1) is 23.1. The van der Waals surface area contributed by atoms with Crippen molar-refractivity contribution in [3.05, 3.63) is 88.2 Å². The minimum atomic E-state index is -1.15. The molecule has 34 heavy (non-hydrogen) atoms. The number of phenolic OH excluding ortho intramolecular Hbond substituents is 1. The van der Waals surface area contributed by atoms with Gasteiger partial charge in [-0.15, -0.1) is 0 Å². The van der Waals surface area contributed by atoms with E-state index in [1.165, 1.54) is 56.7 Å². The molecular formula is C25H19ClFNO6. The zero-order valence-electron chi connectivity index (χ0n) is 18.1. The van der Waals surface area contributed by atoms with E-state index in [0.29, 0.717) is 11.3 Å². The molecule has 2 N–H and O–H groups in total. The Morgan fingerprint density at radius 2 is 1.71 bits per heavy atom. The van der Waals surface area contributed by atoms with Gasteiger partial charge in [0.15, 0.2) is 0 Å². The lowest BCUT2D eigenvalue weighted by atomic mass is 9.94. The fourth-order valence-electron chi connectivity index (χ4n) is 3.92. The number of ketones is 1. The fraction of sp³-hybridized carbons (Fsp3) is 0.120. The summed E-state index contributed by atoms with van der Waals surface area (Å²) in [5.41, 5.74) is 0.194. The quantitative estimate of drug-likeness (QED) is 0.306. The Morgan fingerprint density at radius 3 is 2.35 bits per heavy atom. The number of aliphatic hydroxyl groups excluding tert-OH is 1. The van der Waals surface area contributed by atoms with Crippen molar-refractivity contribution in [1.82, 2.24) is 0 Å². The molecule has 7 nitrogen and oxygen atoms in total. The molecule has 1 amide bonds. The first-order valence-corrected chi connectivity index (χ1v) is 10.4. The van der Waals surface area contributed by atoms with Gasteiger partial charge in [-0.2, -0.15) is 0 Å². The maximum Gasteiger partial charge on any atom is 0.300 e. The Bertz CT molecular complexity index is 1340. The zero-order chi connectivity index (χ0) is 24.6. The molecule has 1 aliphatic rings. The molecule has 0 saturated carbocycles. The molecule has 4 rings (SSSR count). The van der Waals surface area contributed by atoms with E-state index in [1.54, 1.807) is 6.07 Å². The van der Waals surface area contributed by atoms with E-state index in [0.717, 1.165) is 17.0 Å². The second-order valence-corrected chi connectivity index (χ2v) is 7.83. The van der Waals surface area contributed by atoms with Crippen LogP contribution in [0.4, 0.5) is 10.1 Å². The summed E-state index contributed by atoms with van der Waals surface area (Å²) in [6, 6.07) is 12.7. The van der Waals surface area contributed by atoms with Crippen LogP contribution in [0.25, 0.3) is 5.76 Å². The van der Waals surface area contributed by atoms with Gasteiger partial charge in [0.05, 0.1) is 36.4 Å². The van der Waals surface area contributed by atoms with Gasteiger partial charge >= 0.3 is 0 Å². The van der Waals surface area contributed by atoms with E-state index in [-0.39, 0.29) is 33.3 Å². The molecule has 1 fully saturated rings. The van der Waals surface area contributed by atoms with Gasteiger partial charge in [0.2, 0.25) is 0 Å². The standard InChI is InChI=1S/C25H19ClFNO6/c1-33-19-8-6-14(27)11-17(19)23(30)21-22(13-4-3-5-16(29)10-13)28(25(32)24(21)31)15-7-9-20(34-2)18(26)12-15/h3-12,22,29-30H,1-2H3/b23-21+.